The van der Waals surface area contributed by atoms with Gasteiger partial charge in [0, 0.05) is 27.0 Å². The number of hydrogen-bond donors (Lipinski definition) is 0. The van der Waals surface area contributed by atoms with E-state index in [0.717, 1.165) is 46.5 Å². The lowest BCUT2D eigenvalue weighted by atomic mass is 10.1. The molecule has 0 N–H and O–H groups in total. The molecule has 0 spiro atoms. The van der Waals surface area contributed by atoms with Gasteiger partial charge in [0.1, 0.15) is 0 Å². The summed E-state index contributed by atoms with van der Waals surface area (Å²) in [7, 11) is -2.98. The highest BCUT2D eigenvalue weighted by Gasteiger charge is 2.43. The molecule has 1 aliphatic rings. The summed E-state index contributed by atoms with van der Waals surface area (Å²) in [4.78, 5) is 4.00. The monoisotopic (exact) mass is 516 g/mol. The van der Waals surface area contributed by atoms with Crippen LogP contribution in [0.4, 0.5) is 0 Å². The fourth-order valence-electron chi connectivity index (χ4n) is 4.27. The fourth-order valence-corrected chi connectivity index (χ4v) is 10.4. The number of aryl methyl sites for hydroxylation is 2. The van der Waals surface area contributed by atoms with Crippen LogP contribution in [0.5, 0.6) is 0 Å². The Kier molecular flexibility index (Phi) is 5.79. The van der Waals surface area contributed by atoms with Gasteiger partial charge in [-0.05, 0) is 50.2 Å². The first kappa shape index (κ1) is 22.8. The van der Waals surface area contributed by atoms with Crippen LogP contribution in [-0.2, 0) is 4.57 Å². The van der Waals surface area contributed by atoms with Crippen LogP contribution in [0.25, 0.3) is 9.75 Å². The van der Waals surface area contributed by atoms with E-state index in [1.54, 1.807) is 22.7 Å². The summed E-state index contributed by atoms with van der Waals surface area (Å²) in [5, 5.41) is 2.68. The van der Waals surface area contributed by atoms with Crippen molar-refractivity contribution in [1.29, 1.82) is 0 Å². The summed E-state index contributed by atoms with van der Waals surface area (Å²) in [5.74, 6) is 13.2. The van der Waals surface area contributed by atoms with Gasteiger partial charge >= 0.3 is 0 Å². The number of rotatable bonds is 1. The molecule has 0 amide bonds. The second kappa shape index (κ2) is 9.13. The van der Waals surface area contributed by atoms with Gasteiger partial charge in [0.2, 0.25) is 0 Å². The molecule has 0 aliphatic carbocycles. The van der Waals surface area contributed by atoms with Crippen LogP contribution in [0.15, 0.2) is 91.0 Å². The third-order valence-corrected chi connectivity index (χ3v) is 11.8. The number of thiophene rings is 2. The van der Waals surface area contributed by atoms with Crippen molar-refractivity contribution in [3.8, 4) is 33.4 Å². The van der Waals surface area contributed by atoms with E-state index < -0.39 is 7.14 Å². The number of hydrogen-bond acceptors (Lipinski definition) is 3. The molecule has 172 valence electrons. The molecule has 3 heterocycles. The minimum absolute atomic E-state index is 0.858. The molecule has 0 saturated carbocycles. The molecule has 0 atom stereocenters. The average Bonchev–Trinajstić information content (AvgIpc) is 3.57. The Balaban J connectivity index is 1.45. The second-order valence-electron chi connectivity index (χ2n) is 8.83. The summed E-state index contributed by atoms with van der Waals surface area (Å²) in [5.41, 5.74) is 4.38. The molecule has 6 rings (SSSR count). The summed E-state index contributed by atoms with van der Waals surface area (Å²) < 4.78 is 14.8. The maximum atomic E-state index is 14.8. The Hall–Kier alpha value is -3.59. The van der Waals surface area contributed by atoms with Gasteiger partial charge in [0.15, 0.2) is 7.14 Å². The minimum atomic E-state index is -2.98. The molecule has 0 radical (unpaired) electrons. The van der Waals surface area contributed by atoms with E-state index in [-0.39, 0.29) is 0 Å². The minimum Gasteiger partial charge on any atom is -0.309 e. The Morgan fingerprint density at radius 1 is 0.583 bits per heavy atom. The molecular formula is C32H21OPS2. The third kappa shape index (κ3) is 4.07. The molecule has 5 aromatic rings. The van der Waals surface area contributed by atoms with Crippen LogP contribution in [0, 0.1) is 37.5 Å². The summed E-state index contributed by atoms with van der Waals surface area (Å²) >= 11 is 3.26. The predicted molar refractivity (Wildman–Crippen MR) is 155 cm³/mol. The first-order valence-corrected chi connectivity index (χ1v) is 15.0. The fraction of sp³-hybridized carbons (Fsp3) is 0.0625. The van der Waals surface area contributed by atoms with E-state index >= 15 is 0 Å². The van der Waals surface area contributed by atoms with E-state index in [1.165, 1.54) is 11.1 Å². The molecule has 1 nitrogen and oxygen atoms in total. The van der Waals surface area contributed by atoms with E-state index in [0.29, 0.717) is 0 Å². The lowest BCUT2D eigenvalue weighted by Crippen LogP contribution is -2.19. The van der Waals surface area contributed by atoms with E-state index in [9.17, 15) is 4.57 Å². The van der Waals surface area contributed by atoms with Crippen molar-refractivity contribution < 1.29 is 4.57 Å². The molecule has 3 aromatic carbocycles. The predicted octanol–water partition coefficient (Wildman–Crippen LogP) is 6.85. The van der Waals surface area contributed by atoms with Crippen molar-refractivity contribution >= 4 is 45.7 Å². The van der Waals surface area contributed by atoms with Gasteiger partial charge in [-0.3, -0.25) is 0 Å². The zero-order valence-corrected chi connectivity index (χ0v) is 22.4. The Bertz CT molecular complexity index is 1650. The van der Waals surface area contributed by atoms with Crippen molar-refractivity contribution in [2.45, 2.75) is 13.8 Å². The average molecular weight is 517 g/mol. The van der Waals surface area contributed by atoms with E-state index in [2.05, 4.69) is 61.8 Å². The van der Waals surface area contributed by atoms with Gasteiger partial charge in [0.05, 0.1) is 19.5 Å². The highest BCUT2D eigenvalue weighted by atomic mass is 32.1. The van der Waals surface area contributed by atoms with Crippen molar-refractivity contribution in [2.75, 3.05) is 0 Å². The van der Waals surface area contributed by atoms with Gasteiger partial charge in [0.25, 0.3) is 0 Å². The number of benzene rings is 3. The molecular weight excluding hydrogens is 495 g/mol. The molecule has 0 fully saturated rings. The Labute approximate surface area is 219 Å². The topological polar surface area (TPSA) is 17.1 Å². The normalized spacial score (nSPS) is 12.6. The highest BCUT2D eigenvalue weighted by molar-refractivity contribution is 7.87. The highest BCUT2D eigenvalue weighted by Crippen LogP contribution is 2.56. The van der Waals surface area contributed by atoms with Gasteiger partial charge in [-0.2, -0.15) is 0 Å². The lowest BCUT2D eigenvalue weighted by molar-refractivity contribution is 0.593. The lowest BCUT2D eigenvalue weighted by Gasteiger charge is -2.13. The van der Waals surface area contributed by atoms with Crippen LogP contribution >= 0.6 is 29.8 Å². The maximum absolute atomic E-state index is 14.8. The molecule has 1 aliphatic heterocycles. The summed E-state index contributed by atoms with van der Waals surface area (Å²) in [6.45, 7) is 4.14. The molecule has 0 unspecified atom stereocenters. The van der Waals surface area contributed by atoms with Gasteiger partial charge in [-0.15, -0.1) is 22.7 Å². The quantitative estimate of drug-likeness (QED) is 0.173. The standard InChI is InChI=1S/C32H21OPS2/c1-22-8-12-24(13-9-22)16-18-27-20-29-31(35-27)32-30(34(29,33)26-6-4-3-5-7-26)21-28(36-32)19-17-25-14-10-23(2)11-15-25/h3-15,20-21H,1-2H3. The van der Waals surface area contributed by atoms with E-state index in [4.69, 9.17) is 0 Å². The number of fused-ring (bicyclic) bond motifs is 3. The van der Waals surface area contributed by atoms with Crippen molar-refractivity contribution in [3.05, 3.63) is 123 Å². The van der Waals surface area contributed by atoms with Crippen LogP contribution in [0.3, 0.4) is 0 Å². The van der Waals surface area contributed by atoms with Gasteiger partial charge < -0.3 is 4.57 Å². The van der Waals surface area contributed by atoms with Crippen LogP contribution < -0.4 is 15.9 Å². The summed E-state index contributed by atoms with van der Waals surface area (Å²) in [6.07, 6.45) is 0. The molecule has 4 heteroatoms. The van der Waals surface area contributed by atoms with Gasteiger partial charge in [-0.1, -0.05) is 89.4 Å². The first-order chi connectivity index (χ1) is 17.5. The Morgan fingerprint density at radius 2 is 1.03 bits per heavy atom. The maximum Gasteiger partial charge on any atom is 0.174 e. The molecule has 0 saturated heterocycles. The van der Waals surface area contributed by atoms with Crippen LogP contribution in [0.1, 0.15) is 32.0 Å². The Morgan fingerprint density at radius 3 is 1.47 bits per heavy atom. The smallest absolute Gasteiger partial charge is 0.174 e. The van der Waals surface area contributed by atoms with E-state index in [1.807, 2.05) is 66.7 Å². The molecule has 2 aromatic heterocycles. The molecule has 36 heavy (non-hydrogen) atoms. The van der Waals surface area contributed by atoms with Crippen molar-refractivity contribution in [1.82, 2.24) is 0 Å². The zero-order chi connectivity index (χ0) is 24.7. The molecule has 0 bridgehead atoms. The third-order valence-electron chi connectivity index (χ3n) is 6.19. The first-order valence-electron chi connectivity index (χ1n) is 11.6. The zero-order valence-electron chi connectivity index (χ0n) is 19.8. The largest absolute Gasteiger partial charge is 0.309 e. The second-order valence-corrected chi connectivity index (χ2v) is 13.6. The van der Waals surface area contributed by atoms with Crippen molar-refractivity contribution in [3.63, 3.8) is 0 Å². The summed E-state index contributed by atoms with van der Waals surface area (Å²) in [6, 6.07) is 30.3. The SMILES string of the molecule is Cc1ccc(C#Cc2cc3c(s2)-c2sc(C#Cc4ccc(C)cc4)cc2P3(=O)c2ccccc2)cc1. The van der Waals surface area contributed by atoms with Crippen LogP contribution in [0.2, 0.25) is 0 Å². The van der Waals surface area contributed by atoms with Crippen LogP contribution in [-0.4, -0.2) is 0 Å². The van der Waals surface area contributed by atoms with Crippen molar-refractivity contribution in [2.24, 2.45) is 0 Å². The van der Waals surface area contributed by atoms with Gasteiger partial charge in [-0.25, -0.2) is 0 Å².